The molecule has 80 valence electrons. The fourth-order valence-electron chi connectivity index (χ4n) is 1.96. The van der Waals surface area contributed by atoms with Crippen LogP contribution in [0.2, 0.25) is 0 Å². The molecule has 15 heavy (non-hydrogen) atoms. The summed E-state index contributed by atoms with van der Waals surface area (Å²) in [6, 6.07) is 6.45. The van der Waals surface area contributed by atoms with Crippen LogP contribution in [0.4, 0.5) is 0 Å². The van der Waals surface area contributed by atoms with E-state index in [1.807, 2.05) is 11.7 Å². The van der Waals surface area contributed by atoms with E-state index in [1.54, 1.807) is 0 Å². The lowest BCUT2D eigenvalue weighted by molar-refractivity contribution is 0.665. The number of nitrogens with zero attached hydrogens (tertiary/aromatic N) is 3. The first-order chi connectivity index (χ1) is 7.22. The van der Waals surface area contributed by atoms with Gasteiger partial charge in [0.2, 0.25) is 0 Å². The van der Waals surface area contributed by atoms with E-state index in [2.05, 4.69) is 42.4 Å². The van der Waals surface area contributed by atoms with Crippen molar-refractivity contribution in [2.75, 3.05) is 0 Å². The summed E-state index contributed by atoms with van der Waals surface area (Å²) in [5.74, 6) is 0.612. The Kier molecular flexibility index (Phi) is 2.71. The molecule has 0 aliphatic heterocycles. The third-order valence-electron chi connectivity index (χ3n) is 2.93. The van der Waals surface area contributed by atoms with E-state index in [9.17, 15) is 0 Å². The van der Waals surface area contributed by atoms with Gasteiger partial charge in [-0.15, -0.1) is 5.10 Å². The van der Waals surface area contributed by atoms with Crippen molar-refractivity contribution >= 4 is 11.0 Å². The van der Waals surface area contributed by atoms with E-state index in [1.165, 1.54) is 18.4 Å². The van der Waals surface area contributed by atoms with Gasteiger partial charge >= 0.3 is 0 Å². The highest BCUT2D eigenvalue weighted by molar-refractivity contribution is 5.75. The van der Waals surface area contributed by atoms with E-state index >= 15 is 0 Å². The van der Waals surface area contributed by atoms with Crippen LogP contribution in [-0.2, 0) is 7.05 Å². The Morgan fingerprint density at radius 3 is 2.93 bits per heavy atom. The van der Waals surface area contributed by atoms with E-state index in [4.69, 9.17) is 0 Å². The first-order valence-corrected chi connectivity index (χ1v) is 5.51. The minimum absolute atomic E-state index is 0.612. The molecule has 0 fully saturated rings. The third-order valence-corrected chi connectivity index (χ3v) is 2.93. The maximum absolute atomic E-state index is 4.13. The molecule has 2 aromatic rings. The number of hydrogen-bond acceptors (Lipinski definition) is 2. The van der Waals surface area contributed by atoms with E-state index in [0.29, 0.717) is 5.92 Å². The number of fused-ring (bicyclic) bond motifs is 1. The third kappa shape index (κ3) is 1.87. The second kappa shape index (κ2) is 4.01. The SMILES string of the molecule is CCCC(C)c1ccc2c(c1)nnn2C. The molecule has 0 bridgehead atoms. The Morgan fingerprint density at radius 2 is 2.20 bits per heavy atom. The van der Waals surface area contributed by atoms with Crippen LogP contribution in [0.5, 0.6) is 0 Å². The van der Waals surface area contributed by atoms with Crippen molar-refractivity contribution in [2.24, 2.45) is 7.05 Å². The van der Waals surface area contributed by atoms with Gasteiger partial charge in [-0.3, -0.25) is 0 Å². The predicted octanol–water partition coefficient (Wildman–Crippen LogP) is 2.87. The summed E-state index contributed by atoms with van der Waals surface area (Å²) < 4.78 is 1.81. The molecule has 0 aliphatic rings. The van der Waals surface area contributed by atoms with Crippen LogP contribution in [0.1, 0.15) is 38.2 Å². The number of aromatic nitrogens is 3. The van der Waals surface area contributed by atoms with Gasteiger partial charge in [-0.2, -0.15) is 0 Å². The molecule has 3 nitrogen and oxygen atoms in total. The van der Waals surface area contributed by atoms with Gasteiger partial charge in [-0.05, 0) is 30.0 Å². The van der Waals surface area contributed by atoms with Gasteiger partial charge in [0, 0.05) is 7.05 Å². The van der Waals surface area contributed by atoms with Crippen molar-refractivity contribution in [3.8, 4) is 0 Å². The van der Waals surface area contributed by atoms with Gasteiger partial charge in [-0.25, -0.2) is 4.68 Å². The largest absolute Gasteiger partial charge is 0.248 e. The van der Waals surface area contributed by atoms with Crippen LogP contribution in [0.15, 0.2) is 18.2 Å². The second-order valence-electron chi connectivity index (χ2n) is 4.15. The molecule has 0 N–H and O–H groups in total. The maximum atomic E-state index is 4.13. The minimum Gasteiger partial charge on any atom is -0.248 e. The summed E-state index contributed by atoms with van der Waals surface area (Å²) in [6.45, 7) is 4.48. The lowest BCUT2D eigenvalue weighted by atomic mass is 9.96. The van der Waals surface area contributed by atoms with Crippen molar-refractivity contribution < 1.29 is 0 Å². The molecule has 0 spiro atoms. The van der Waals surface area contributed by atoms with Crippen LogP contribution >= 0.6 is 0 Å². The maximum Gasteiger partial charge on any atom is 0.113 e. The predicted molar refractivity (Wildman–Crippen MR) is 61.8 cm³/mol. The number of rotatable bonds is 3. The first-order valence-electron chi connectivity index (χ1n) is 5.51. The van der Waals surface area contributed by atoms with Crippen LogP contribution in [0, 0.1) is 0 Å². The summed E-state index contributed by atoms with van der Waals surface area (Å²) in [5, 5.41) is 8.14. The molecule has 1 unspecified atom stereocenters. The Labute approximate surface area is 90.1 Å². The zero-order valence-corrected chi connectivity index (χ0v) is 9.57. The zero-order chi connectivity index (χ0) is 10.8. The molecule has 0 saturated carbocycles. The van der Waals surface area contributed by atoms with Gasteiger partial charge in [0.25, 0.3) is 0 Å². The zero-order valence-electron chi connectivity index (χ0n) is 9.57. The normalized spacial score (nSPS) is 13.3. The standard InChI is InChI=1S/C12H17N3/c1-4-5-9(2)10-6-7-12-11(8-10)13-14-15(12)3/h6-9H,4-5H2,1-3H3. The highest BCUT2D eigenvalue weighted by atomic mass is 15.4. The van der Waals surface area contributed by atoms with Crippen molar-refractivity contribution in [1.82, 2.24) is 15.0 Å². The summed E-state index contributed by atoms with van der Waals surface area (Å²) in [7, 11) is 1.92. The van der Waals surface area contributed by atoms with Gasteiger partial charge in [-0.1, -0.05) is 31.5 Å². The number of hydrogen-bond donors (Lipinski definition) is 0. The molecular weight excluding hydrogens is 186 g/mol. The van der Waals surface area contributed by atoms with E-state index in [0.717, 1.165) is 11.0 Å². The number of aryl methyl sites for hydroxylation is 1. The molecule has 0 amide bonds. The van der Waals surface area contributed by atoms with Gasteiger partial charge in [0.1, 0.15) is 5.52 Å². The quantitative estimate of drug-likeness (QED) is 0.768. The number of benzene rings is 1. The average molecular weight is 203 g/mol. The van der Waals surface area contributed by atoms with Gasteiger partial charge in [0.05, 0.1) is 5.52 Å². The Morgan fingerprint density at radius 1 is 1.40 bits per heavy atom. The molecule has 1 atom stereocenters. The summed E-state index contributed by atoms with van der Waals surface area (Å²) in [5.41, 5.74) is 3.46. The highest BCUT2D eigenvalue weighted by Gasteiger charge is 2.07. The topological polar surface area (TPSA) is 30.7 Å². The lowest BCUT2D eigenvalue weighted by Crippen LogP contribution is -1.93. The average Bonchev–Trinajstić information content (AvgIpc) is 2.60. The molecule has 0 aliphatic carbocycles. The molecule has 2 rings (SSSR count). The van der Waals surface area contributed by atoms with Crippen LogP contribution in [-0.4, -0.2) is 15.0 Å². The van der Waals surface area contributed by atoms with E-state index in [-0.39, 0.29) is 0 Å². The van der Waals surface area contributed by atoms with Crippen molar-refractivity contribution in [1.29, 1.82) is 0 Å². The Balaban J connectivity index is 2.38. The van der Waals surface area contributed by atoms with Crippen molar-refractivity contribution in [3.63, 3.8) is 0 Å². The van der Waals surface area contributed by atoms with Crippen LogP contribution in [0.25, 0.3) is 11.0 Å². The summed E-state index contributed by atoms with van der Waals surface area (Å²) in [6.07, 6.45) is 2.45. The van der Waals surface area contributed by atoms with Crippen molar-refractivity contribution in [2.45, 2.75) is 32.6 Å². The molecule has 0 saturated heterocycles. The Hall–Kier alpha value is -1.38. The highest BCUT2D eigenvalue weighted by Crippen LogP contribution is 2.23. The van der Waals surface area contributed by atoms with Crippen LogP contribution in [0.3, 0.4) is 0 Å². The van der Waals surface area contributed by atoms with Gasteiger partial charge < -0.3 is 0 Å². The van der Waals surface area contributed by atoms with Gasteiger partial charge in [0.15, 0.2) is 0 Å². The van der Waals surface area contributed by atoms with Crippen LogP contribution < -0.4 is 0 Å². The first kappa shape index (κ1) is 10.1. The molecule has 1 aromatic heterocycles. The fraction of sp³-hybridized carbons (Fsp3) is 0.500. The summed E-state index contributed by atoms with van der Waals surface area (Å²) >= 11 is 0. The lowest BCUT2D eigenvalue weighted by Gasteiger charge is -2.09. The smallest absolute Gasteiger partial charge is 0.113 e. The minimum atomic E-state index is 0.612. The second-order valence-corrected chi connectivity index (χ2v) is 4.15. The monoisotopic (exact) mass is 203 g/mol. The molecule has 0 radical (unpaired) electrons. The summed E-state index contributed by atoms with van der Waals surface area (Å²) in [4.78, 5) is 0. The fourth-order valence-corrected chi connectivity index (χ4v) is 1.96. The molecule has 1 aromatic carbocycles. The molecule has 1 heterocycles. The molecule has 3 heteroatoms. The van der Waals surface area contributed by atoms with Crippen molar-refractivity contribution in [3.05, 3.63) is 23.8 Å². The molecular formula is C12H17N3. The Bertz CT molecular complexity index is 459. The van der Waals surface area contributed by atoms with E-state index < -0.39 is 0 Å².